The Morgan fingerprint density at radius 2 is 1.90 bits per heavy atom. The molecular weight excluding hydrogens is 273 g/mol. The average Bonchev–Trinajstić information content (AvgIpc) is 2.35. The third-order valence-corrected chi connectivity index (χ3v) is 2.78. The number of hydrogen-bond donors (Lipinski definition) is 3. The second kappa shape index (κ2) is 6.25. The highest BCUT2D eigenvalue weighted by Gasteiger charge is 2.33. The van der Waals surface area contributed by atoms with Crippen molar-refractivity contribution < 1.29 is 18.3 Å². The minimum Gasteiger partial charge on any atom is -0.396 e. The standard InChI is InChI=1S/C12H19F3N4O/c1-11(2,4-5-20)7-17-9-6-8(12(13,14)15)18-10(16-3)19-9/h6,20H,4-5,7H2,1-3H3,(H2,16,17,18,19). The molecule has 0 aliphatic rings. The second-order valence-corrected chi connectivity index (χ2v) is 5.20. The molecule has 0 unspecified atom stereocenters. The van der Waals surface area contributed by atoms with Crippen LogP contribution in [0.15, 0.2) is 6.07 Å². The van der Waals surface area contributed by atoms with Gasteiger partial charge in [-0.1, -0.05) is 13.8 Å². The van der Waals surface area contributed by atoms with Gasteiger partial charge in [-0.05, 0) is 11.8 Å². The summed E-state index contributed by atoms with van der Waals surface area (Å²) in [6.45, 7) is 4.22. The van der Waals surface area contributed by atoms with Crippen LogP contribution in [0.4, 0.5) is 24.9 Å². The maximum atomic E-state index is 12.7. The van der Waals surface area contributed by atoms with Gasteiger partial charge in [0.2, 0.25) is 5.95 Å². The van der Waals surface area contributed by atoms with Crippen LogP contribution in [0.5, 0.6) is 0 Å². The van der Waals surface area contributed by atoms with Gasteiger partial charge in [-0.3, -0.25) is 0 Å². The highest BCUT2D eigenvalue weighted by Crippen LogP contribution is 2.30. The van der Waals surface area contributed by atoms with Crippen LogP contribution >= 0.6 is 0 Å². The normalized spacial score (nSPS) is 12.3. The van der Waals surface area contributed by atoms with Crippen LogP contribution in [0.2, 0.25) is 0 Å². The molecule has 0 aromatic carbocycles. The first kappa shape index (κ1) is 16.5. The third-order valence-electron chi connectivity index (χ3n) is 2.78. The van der Waals surface area contributed by atoms with Gasteiger partial charge in [-0.15, -0.1) is 0 Å². The van der Waals surface area contributed by atoms with E-state index in [1.807, 2.05) is 13.8 Å². The van der Waals surface area contributed by atoms with E-state index >= 15 is 0 Å². The number of aromatic nitrogens is 2. The van der Waals surface area contributed by atoms with Crippen molar-refractivity contribution in [1.29, 1.82) is 0 Å². The molecule has 0 radical (unpaired) electrons. The second-order valence-electron chi connectivity index (χ2n) is 5.20. The van der Waals surface area contributed by atoms with Crippen molar-refractivity contribution in [3.8, 4) is 0 Å². The Labute approximate surface area is 115 Å². The van der Waals surface area contributed by atoms with E-state index in [9.17, 15) is 13.2 Å². The van der Waals surface area contributed by atoms with Crippen molar-refractivity contribution in [3.05, 3.63) is 11.8 Å². The largest absolute Gasteiger partial charge is 0.433 e. The van der Waals surface area contributed by atoms with E-state index < -0.39 is 11.9 Å². The fourth-order valence-electron chi connectivity index (χ4n) is 1.52. The summed E-state index contributed by atoms with van der Waals surface area (Å²) in [7, 11) is 1.45. The average molecular weight is 292 g/mol. The molecule has 0 spiro atoms. The lowest BCUT2D eigenvalue weighted by molar-refractivity contribution is -0.141. The van der Waals surface area contributed by atoms with E-state index in [1.54, 1.807) is 0 Å². The Morgan fingerprint density at radius 3 is 2.40 bits per heavy atom. The third kappa shape index (κ3) is 4.84. The number of alkyl halides is 3. The van der Waals surface area contributed by atoms with Gasteiger partial charge in [0, 0.05) is 26.3 Å². The number of rotatable bonds is 6. The molecule has 3 N–H and O–H groups in total. The van der Waals surface area contributed by atoms with Crippen LogP contribution in [0.1, 0.15) is 26.0 Å². The van der Waals surface area contributed by atoms with Gasteiger partial charge in [-0.25, -0.2) is 4.98 Å². The molecule has 0 amide bonds. The highest BCUT2D eigenvalue weighted by atomic mass is 19.4. The molecule has 1 heterocycles. The summed E-state index contributed by atoms with van der Waals surface area (Å²) >= 11 is 0. The molecular formula is C12H19F3N4O. The first-order valence-corrected chi connectivity index (χ1v) is 6.17. The predicted molar refractivity (Wildman–Crippen MR) is 70.6 cm³/mol. The molecule has 1 rings (SSSR count). The van der Waals surface area contributed by atoms with E-state index in [1.165, 1.54) is 7.05 Å². The van der Waals surface area contributed by atoms with E-state index in [-0.39, 0.29) is 23.8 Å². The Balaban J connectivity index is 2.90. The number of aliphatic hydroxyl groups is 1. The molecule has 1 aromatic rings. The van der Waals surface area contributed by atoms with E-state index in [0.717, 1.165) is 6.07 Å². The van der Waals surface area contributed by atoms with Crippen molar-refractivity contribution >= 4 is 11.8 Å². The monoisotopic (exact) mass is 292 g/mol. The van der Waals surface area contributed by atoms with Gasteiger partial charge in [0.05, 0.1) is 0 Å². The Bertz CT molecular complexity index is 449. The number of nitrogens with zero attached hydrogens (tertiary/aromatic N) is 2. The lowest BCUT2D eigenvalue weighted by atomic mass is 9.90. The molecule has 0 aliphatic carbocycles. The van der Waals surface area contributed by atoms with Crippen LogP contribution in [-0.2, 0) is 6.18 Å². The van der Waals surface area contributed by atoms with Gasteiger partial charge in [0.15, 0.2) is 5.69 Å². The van der Waals surface area contributed by atoms with Crippen molar-refractivity contribution in [1.82, 2.24) is 9.97 Å². The Morgan fingerprint density at radius 1 is 1.25 bits per heavy atom. The molecule has 0 fully saturated rings. The van der Waals surface area contributed by atoms with Gasteiger partial charge in [0.1, 0.15) is 5.82 Å². The maximum Gasteiger partial charge on any atom is 0.433 e. The molecule has 20 heavy (non-hydrogen) atoms. The van der Waals surface area contributed by atoms with Crippen molar-refractivity contribution in [3.63, 3.8) is 0 Å². The molecule has 0 saturated heterocycles. The van der Waals surface area contributed by atoms with Crippen LogP contribution in [-0.4, -0.2) is 35.3 Å². The molecule has 114 valence electrons. The molecule has 0 atom stereocenters. The van der Waals surface area contributed by atoms with E-state index in [4.69, 9.17) is 5.11 Å². The van der Waals surface area contributed by atoms with Crippen LogP contribution in [0.3, 0.4) is 0 Å². The zero-order valence-corrected chi connectivity index (χ0v) is 11.7. The number of hydrogen-bond acceptors (Lipinski definition) is 5. The SMILES string of the molecule is CNc1nc(NCC(C)(C)CCO)cc(C(F)(F)F)n1. The lowest BCUT2D eigenvalue weighted by Gasteiger charge is -2.24. The molecule has 5 nitrogen and oxygen atoms in total. The molecule has 8 heteroatoms. The fourth-order valence-corrected chi connectivity index (χ4v) is 1.52. The number of halogens is 3. The van der Waals surface area contributed by atoms with Crippen molar-refractivity contribution in [2.75, 3.05) is 30.8 Å². The summed E-state index contributed by atoms with van der Waals surface area (Å²) in [5.41, 5.74) is -1.25. The summed E-state index contributed by atoms with van der Waals surface area (Å²) in [6.07, 6.45) is -3.98. The summed E-state index contributed by atoms with van der Waals surface area (Å²) in [5.74, 6) is 0.00461. The zero-order chi connectivity index (χ0) is 15.4. The summed E-state index contributed by atoms with van der Waals surface area (Å²) < 4.78 is 38.1. The van der Waals surface area contributed by atoms with Gasteiger partial charge in [-0.2, -0.15) is 18.2 Å². The van der Waals surface area contributed by atoms with Gasteiger partial charge >= 0.3 is 6.18 Å². The zero-order valence-electron chi connectivity index (χ0n) is 11.7. The minimum atomic E-state index is -4.52. The first-order valence-electron chi connectivity index (χ1n) is 6.17. The fraction of sp³-hybridized carbons (Fsp3) is 0.667. The topological polar surface area (TPSA) is 70.1 Å². The highest BCUT2D eigenvalue weighted by molar-refractivity contribution is 5.43. The van der Waals surface area contributed by atoms with Crippen molar-refractivity contribution in [2.24, 2.45) is 5.41 Å². The van der Waals surface area contributed by atoms with E-state index in [2.05, 4.69) is 20.6 Å². The van der Waals surface area contributed by atoms with Crippen LogP contribution < -0.4 is 10.6 Å². The quantitative estimate of drug-likeness (QED) is 0.751. The molecule has 0 aliphatic heterocycles. The van der Waals surface area contributed by atoms with Gasteiger partial charge < -0.3 is 15.7 Å². The summed E-state index contributed by atoms with van der Waals surface area (Å²) in [6, 6.07) is 0.871. The number of nitrogens with one attached hydrogen (secondary N) is 2. The summed E-state index contributed by atoms with van der Waals surface area (Å²) in [4.78, 5) is 7.31. The molecule has 0 bridgehead atoms. The van der Waals surface area contributed by atoms with Crippen molar-refractivity contribution in [2.45, 2.75) is 26.4 Å². The predicted octanol–water partition coefficient (Wildman–Crippen LogP) is 2.36. The van der Waals surface area contributed by atoms with Crippen LogP contribution in [0, 0.1) is 5.41 Å². The Kier molecular flexibility index (Phi) is 5.15. The smallest absolute Gasteiger partial charge is 0.396 e. The Hall–Kier alpha value is -1.57. The molecule has 0 saturated carbocycles. The van der Waals surface area contributed by atoms with Crippen LogP contribution in [0.25, 0.3) is 0 Å². The number of anilines is 2. The lowest BCUT2D eigenvalue weighted by Crippen LogP contribution is -2.25. The molecule has 1 aromatic heterocycles. The van der Waals surface area contributed by atoms with Gasteiger partial charge in [0.25, 0.3) is 0 Å². The minimum absolute atomic E-state index is 0.0218. The number of aliphatic hydroxyl groups excluding tert-OH is 1. The maximum absolute atomic E-state index is 12.7. The summed E-state index contributed by atoms with van der Waals surface area (Å²) in [5, 5.41) is 14.3. The van der Waals surface area contributed by atoms with E-state index in [0.29, 0.717) is 13.0 Å². The first-order chi connectivity index (χ1) is 9.18.